The minimum Gasteiger partial charge on any atom is -0.462 e. The monoisotopic (exact) mass is 312 g/mol. The lowest BCUT2D eigenvalue weighted by Gasteiger charge is -2.10. The van der Waals surface area contributed by atoms with Gasteiger partial charge in [0.2, 0.25) is 5.91 Å². The van der Waals surface area contributed by atoms with Gasteiger partial charge in [-0.3, -0.25) is 9.59 Å². The highest BCUT2D eigenvalue weighted by molar-refractivity contribution is 5.94. The first kappa shape index (κ1) is 16.5. The van der Waals surface area contributed by atoms with Gasteiger partial charge in [0, 0.05) is 32.3 Å². The molecule has 0 saturated carbocycles. The largest absolute Gasteiger partial charge is 0.462 e. The van der Waals surface area contributed by atoms with E-state index >= 15 is 0 Å². The van der Waals surface area contributed by atoms with E-state index in [-0.39, 0.29) is 11.8 Å². The average Bonchev–Trinajstić information content (AvgIpc) is 2.96. The minimum atomic E-state index is -0.201. The molecule has 1 N–H and O–H groups in total. The summed E-state index contributed by atoms with van der Waals surface area (Å²) in [6, 6.07) is 10.8. The van der Waals surface area contributed by atoms with Gasteiger partial charge in [-0.15, -0.1) is 0 Å². The number of hydrogen-bond acceptors (Lipinski definition) is 3. The van der Waals surface area contributed by atoms with E-state index in [2.05, 4.69) is 5.32 Å². The molecule has 5 nitrogen and oxygen atoms in total. The molecule has 0 unspecified atom stereocenters. The second-order valence-electron chi connectivity index (χ2n) is 5.40. The van der Waals surface area contributed by atoms with E-state index in [1.165, 1.54) is 11.0 Å². The summed E-state index contributed by atoms with van der Waals surface area (Å²) in [5.41, 5.74) is 1.55. The zero-order chi connectivity index (χ0) is 16.8. The van der Waals surface area contributed by atoms with Gasteiger partial charge in [0.25, 0.3) is 5.91 Å². The molecule has 2 amide bonds. The molecule has 120 valence electrons. The number of rotatable bonds is 5. The zero-order valence-corrected chi connectivity index (χ0v) is 13.5. The van der Waals surface area contributed by atoms with Crippen molar-refractivity contribution in [2.24, 2.45) is 0 Å². The van der Waals surface area contributed by atoms with Gasteiger partial charge in [0.1, 0.15) is 11.5 Å². The van der Waals surface area contributed by atoms with Gasteiger partial charge in [0.05, 0.1) is 0 Å². The second kappa shape index (κ2) is 7.45. The molecule has 1 aromatic carbocycles. The number of furan rings is 1. The third-order valence-corrected chi connectivity index (χ3v) is 3.23. The van der Waals surface area contributed by atoms with Gasteiger partial charge in [-0.1, -0.05) is 12.1 Å². The zero-order valence-electron chi connectivity index (χ0n) is 13.5. The highest BCUT2D eigenvalue weighted by Gasteiger charge is 2.07. The first-order valence-corrected chi connectivity index (χ1v) is 7.28. The molecule has 0 aliphatic heterocycles. The second-order valence-corrected chi connectivity index (χ2v) is 5.40. The average molecular weight is 312 g/mol. The van der Waals surface area contributed by atoms with Crippen molar-refractivity contribution in [1.82, 2.24) is 10.2 Å². The number of amides is 2. The molecule has 5 heteroatoms. The van der Waals surface area contributed by atoms with Crippen LogP contribution in [0, 0.1) is 6.92 Å². The van der Waals surface area contributed by atoms with Gasteiger partial charge in [-0.25, -0.2) is 0 Å². The maximum absolute atomic E-state index is 11.8. The van der Waals surface area contributed by atoms with Gasteiger partial charge in [-0.2, -0.15) is 0 Å². The van der Waals surface area contributed by atoms with Gasteiger partial charge >= 0.3 is 0 Å². The molecule has 23 heavy (non-hydrogen) atoms. The molecule has 2 rings (SSSR count). The molecule has 0 spiro atoms. The summed E-state index contributed by atoms with van der Waals surface area (Å²) < 4.78 is 5.35. The van der Waals surface area contributed by atoms with Crippen molar-refractivity contribution in [3.63, 3.8) is 0 Å². The number of carbonyl (C=O) groups excluding carboxylic acids is 2. The van der Waals surface area contributed by atoms with Gasteiger partial charge < -0.3 is 14.6 Å². The molecule has 0 radical (unpaired) electrons. The first-order valence-electron chi connectivity index (χ1n) is 7.28. The Balaban J connectivity index is 1.87. The van der Waals surface area contributed by atoms with Crippen LogP contribution in [0.25, 0.3) is 6.08 Å². The fraction of sp³-hybridized carbons (Fsp3) is 0.222. The van der Waals surface area contributed by atoms with E-state index < -0.39 is 0 Å². The maximum atomic E-state index is 11.8. The van der Waals surface area contributed by atoms with Crippen molar-refractivity contribution in [3.05, 3.63) is 65.1 Å². The van der Waals surface area contributed by atoms with Crippen molar-refractivity contribution in [1.29, 1.82) is 0 Å². The minimum absolute atomic E-state index is 0.0442. The van der Waals surface area contributed by atoms with Gasteiger partial charge in [-0.05, 0) is 42.8 Å². The molecular formula is C18H20N2O3. The van der Waals surface area contributed by atoms with Crippen LogP contribution in [0.15, 0.2) is 46.9 Å². The number of benzene rings is 1. The van der Waals surface area contributed by atoms with E-state index in [4.69, 9.17) is 4.42 Å². The predicted octanol–water partition coefficient (Wildman–Crippen LogP) is 2.62. The summed E-state index contributed by atoms with van der Waals surface area (Å²) in [5, 5.41) is 2.78. The highest BCUT2D eigenvalue weighted by Crippen LogP contribution is 2.08. The summed E-state index contributed by atoms with van der Waals surface area (Å²) in [4.78, 5) is 25.1. The molecule has 0 bridgehead atoms. The van der Waals surface area contributed by atoms with Crippen LogP contribution in [0.5, 0.6) is 0 Å². The van der Waals surface area contributed by atoms with E-state index in [9.17, 15) is 9.59 Å². The molecule has 2 aromatic rings. The van der Waals surface area contributed by atoms with Gasteiger partial charge in [0.15, 0.2) is 0 Å². The van der Waals surface area contributed by atoms with Crippen molar-refractivity contribution in [2.75, 3.05) is 14.1 Å². The number of aryl methyl sites for hydroxylation is 1. The van der Waals surface area contributed by atoms with Crippen LogP contribution >= 0.6 is 0 Å². The molecule has 0 fully saturated rings. The van der Waals surface area contributed by atoms with Crippen molar-refractivity contribution >= 4 is 17.9 Å². The van der Waals surface area contributed by atoms with E-state index in [0.717, 1.165) is 11.3 Å². The fourth-order valence-electron chi connectivity index (χ4n) is 1.97. The number of carbonyl (C=O) groups is 2. The molecular weight excluding hydrogens is 292 g/mol. The molecule has 0 atom stereocenters. The first-order chi connectivity index (χ1) is 11.0. The lowest BCUT2D eigenvalue weighted by Crippen LogP contribution is -2.22. The number of hydrogen-bond donors (Lipinski definition) is 1. The van der Waals surface area contributed by atoms with Crippen LogP contribution in [-0.4, -0.2) is 30.8 Å². The Hall–Kier alpha value is -2.82. The Morgan fingerprint density at radius 1 is 1.13 bits per heavy atom. The summed E-state index contributed by atoms with van der Waals surface area (Å²) in [7, 11) is 3.42. The number of nitrogens with zero attached hydrogens (tertiary/aromatic N) is 1. The summed E-state index contributed by atoms with van der Waals surface area (Å²) in [6.45, 7) is 2.25. The van der Waals surface area contributed by atoms with Crippen LogP contribution in [0.1, 0.15) is 27.4 Å². The summed E-state index contributed by atoms with van der Waals surface area (Å²) in [6.07, 6.45) is 3.06. The molecule has 0 aliphatic rings. The van der Waals surface area contributed by atoms with Crippen LogP contribution in [0.3, 0.4) is 0 Å². The third-order valence-electron chi connectivity index (χ3n) is 3.23. The summed E-state index contributed by atoms with van der Waals surface area (Å²) in [5.74, 6) is 1.20. The lowest BCUT2D eigenvalue weighted by molar-refractivity contribution is -0.116. The van der Waals surface area contributed by atoms with Crippen molar-refractivity contribution in [2.45, 2.75) is 13.5 Å². The Bertz CT molecular complexity index is 712. The van der Waals surface area contributed by atoms with E-state index in [1.807, 2.05) is 25.1 Å². The van der Waals surface area contributed by atoms with E-state index in [1.54, 1.807) is 38.4 Å². The van der Waals surface area contributed by atoms with E-state index in [0.29, 0.717) is 17.9 Å². The molecule has 0 aliphatic carbocycles. The standard InChI is InChI=1S/C18H20N2O3/c1-13-4-9-16(23-13)10-11-17(21)19-12-14-5-7-15(8-6-14)18(22)20(2)3/h4-11H,12H2,1-3H3,(H,19,21)/b11-10+. The van der Waals surface area contributed by atoms with Crippen LogP contribution < -0.4 is 5.32 Å². The predicted molar refractivity (Wildman–Crippen MR) is 88.8 cm³/mol. The topological polar surface area (TPSA) is 62.6 Å². The SMILES string of the molecule is Cc1ccc(/C=C/C(=O)NCc2ccc(C(=O)N(C)C)cc2)o1. The van der Waals surface area contributed by atoms with Crippen LogP contribution in [-0.2, 0) is 11.3 Å². The Kier molecular flexibility index (Phi) is 5.36. The Labute approximate surface area is 135 Å². The fourth-order valence-corrected chi connectivity index (χ4v) is 1.97. The lowest BCUT2D eigenvalue weighted by atomic mass is 10.1. The Morgan fingerprint density at radius 3 is 2.39 bits per heavy atom. The van der Waals surface area contributed by atoms with Crippen LogP contribution in [0.2, 0.25) is 0 Å². The summed E-state index contributed by atoms with van der Waals surface area (Å²) >= 11 is 0. The van der Waals surface area contributed by atoms with Crippen molar-refractivity contribution < 1.29 is 14.0 Å². The molecule has 1 aromatic heterocycles. The van der Waals surface area contributed by atoms with Crippen molar-refractivity contribution in [3.8, 4) is 0 Å². The maximum Gasteiger partial charge on any atom is 0.253 e. The normalized spacial score (nSPS) is 10.7. The third kappa shape index (κ3) is 4.85. The number of nitrogens with one attached hydrogen (secondary N) is 1. The Morgan fingerprint density at radius 2 is 1.83 bits per heavy atom. The van der Waals surface area contributed by atoms with Crippen LogP contribution in [0.4, 0.5) is 0 Å². The quantitative estimate of drug-likeness (QED) is 0.863. The molecule has 0 saturated heterocycles. The highest BCUT2D eigenvalue weighted by atomic mass is 16.3. The smallest absolute Gasteiger partial charge is 0.253 e. The molecule has 1 heterocycles.